The number of rotatable bonds is 4. The van der Waals surface area contributed by atoms with Crippen molar-refractivity contribution in [1.82, 2.24) is 4.98 Å². The van der Waals surface area contributed by atoms with E-state index in [-0.39, 0.29) is 0 Å². The fourth-order valence-corrected chi connectivity index (χ4v) is 3.19. The third-order valence-electron chi connectivity index (χ3n) is 3.37. The van der Waals surface area contributed by atoms with Crippen LogP contribution in [-0.4, -0.2) is 9.97 Å². The second-order valence-electron chi connectivity index (χ2n) is 4.82. The first-order valence-corrected chi connectivity index (χ1v) is 7.90. The quantitative estimate of drug-likeness (QED) is 0.718. The Morgan fingerprint density at radius 1 is 1.33 bits per heavy atom. The first-order chi connectivity index (χ1) is 10.1. The van der Waals surface area contributed by atoms with Crippen molar-refractivity contribution < 1.29 is 0 Å². The number of para-hydroxylation sites is 1. The van der Waals surface area contributed by atoms with Crippen molar-refractivity contribution in [3.63, 3.8) is 0 Å². The summed E-state index contributed by atoms with van der Waals surface area (Å²) in [6, 6.07) is 12.1. The van der Waals surface area contributed by atoms with E-state index in [0.29, 0.717) is 4.99 Å². The predicted octanol–water partition coefficient (Wildman–Crippen LogP) is 3.85. The molecule has 0 saturated carbocycles. The van der Waals surface area contributed by atoms with E-state index in [1.807, 2.05) is 30.3 Å². The van der Waals surface area contributed by atoms with Crippen molar-refractivity contribution in [2.75, 3.05) is 5.32 Å². The van der Waals surface area contributed by atoms with E-state index in [1.54, 1.807) is 11.3 Å². The van der Waals surface area contributed by atoms with Crippen LogP contribution in [0.3, 0.4) is 0 Å². The molecule has 0 bridgehead atoms. The van der Waals surface area contributed by atoms with Crippen LogP contribution < -0.4 is 11.1 Å². The van der Waals surface area contributed by atoms with E-state index < -0.39 is 0 Å². The first kappa shape index (κ1) is 14.0. The van der Waals surface area contributed by atoms with Crippen LogP contribution in [0.15, 0.2) is 41.8 Å². The van der Waals surface area contributed by atoms with Gasteiger partial charge in [0.2, 0.25) is 0 Å². The minimum atomic E-state index is 0.360. The zero-order valence-corrected chi connectivity index (χ0v) is 13.2. The Morgan fingerprint density at radius 2 is 2.14 bits per heavy atom. The standard InChI is InChI=1S/C16H15N3S2/c1-10-6-7-21-14(10)9-18-16-12(15(17)20)8-11-4-2-3-5-13(11)19-16/h2-8H,9H2,1H3,(H2,17,20)(H,18,19). The summed E-state index contributed by atoms with van der Waals surface area (Å²) in [5.74, 6) is 0.744. The van der Waals surface area contributed by atoms with Gasteiger partial charge in [0.05, 0.1) is 17.6 Å². The monoisotopic (exact) mass is 313 g/mol. The van der Waals surface area contributed by atoms with Gasteiger partial charge in [-0.3, -0.25) is 0 Å². The van der Waals surface area contributed by atoms with Gasteiger partial charge in [-0.25, -0.2) is 4.98 Å². The number of hydrogen-bond donors (Lipinski definition) is 2. The number of pyridine rings is 1. The van der Waals surface area contributed by atoms with Gasteiger partial charge < -0.3 is 11.1 Å². The van der Waals surface area contributed by atoms with Crippen LogP contribution in [0.2, 0.25) is 0 Å². The van der Waals surface area contributed by atoms with Crippen LogP contribution in [-0.2, 0) is 6.54 Å². The highest BCUT2D eigenvalue weighted by atomic mass is 32.1. The van der Waals surface area contributed by atoms with Gasteiger partial charge in [-0.2, -0.15) is 0 Å². The number of fused-ring (bicyclic) bond motifs is 1. The lowest BCUT2D eigenvalue weighted by atomic mass is 10.1. The molecule has 0 amide bonds. The number of nitrogens with two attached hydrogens (primary N) is 1. The van der Waals surface area contributed by atoms with E-state index >= 15 is 0 Å². The lowest BCUT2D eigenvalue weighted by Gasteiger charge is -2.11. The van der Waals surface area contributed by atoms with Crippen LogP contribution in [0.1, 0.15) is 16.0 Å². The molecule has 1 aromatic carbocycles. The Labute approximate surface area is 132 Å². The zero-order valence-electron chi connectivity index (χ0n) is 11.6. The number of hydrogen-bond acceptors (Lipinski definition) is 4. The van der Waals surface area contributed by atoms with Gasteiger partial charge in [0.1, 0.15) is 10.8 Å². The number of nitrogens with one attached hydrogen (secondary N) is 1. The molecule has 2 heterocycles. The Hall–Kier alpha value is -1.98. The first-order valence-electron chi connectivity index (χ1n) is 6.61. The molecular formula is C16H15N3S2. The summed E-state index contributed by atoms with van der Waals surface area (Å²) in [6.45, 7) is 2.83. The summed E-state index contributed by atoms with van der Waals surface area (Å²) in [5, 5.41) is 6.49. The van der Waals surface area contributed by atoms with Gasteiger partial charge in [0.25, 0.3) is 0 Å². The Bertz CT molecular complexity index is 808. The summed E-state index contributed by atoms with van der Waals surface area (Å²) in [5.41, 5.74) is 8.84. The maximum absolute atomic E-state index is 5.84. The summed E-state index contributed by atoms with van der Waals surface area (Å²) in [4.78, 5) is 6.30. The molecule has 0 spiro atoms. The third kappa shape index (κ3) is 2.89. The van der Waals surface area contributed by atoms with E-state index in [2.05, 4.69) is 28.7 Å². The normalized spacial score (nSPS) is 10.7. The molecule has 106 valence electrons. The van der Waals surface area contributed by atoms with Crippen molar-refractivity contribution in [2.24, 2.45) is 5.73 Å². The Balaban J connectivity index is 1.97. The minimum Gasteiger partial charge on any atom is -0.389 e. The van der Waals surface area contributed by atoms with Crippen molar-refractivity contribution >= 4 is 45.3 Å². The van der Waals surface area contributed by atoms with Gasteiger partial charge in [-0.15, -0.1) is 11.3 Å². The molecule has 0 fully saturated rings. The Morgan fingerprint density at radius 3 is 2.86 bits per heavy atom. The number of thiocarbonyl (C=S) groups is 1. The highest BCUT2D eigenvalue weighted by Gasteiger charge is 2.10. The number of anilines is 1. The number of benzene rings is 1. The molecule has 3 nitrogen and oxygen atoms in total. The van der Waals surface area contributed by atoms with E-state index in [9.17, 15) is 0 Å². The summed E-state index contributed by atoms with van der Waals surface area (Å²) in [6.07, 6.45) is 0. The van der Waals surface area contributed by atoms with Crippen LogP contribution in [0.4, 0.5) is 5.82 Å². The molecular weight excluding hydrogens is 298 g/mol. The fraction of sp³-hybridized carbons (Fsp3) is 0.125. The molecule has 0 aliphatic heterocycles. The molecule has 0 unspecified atom stereocenters. The molecule has 2 aromatic heterocycles. The lowest BCUT2D eigenvalue weighted by molar-refractivity contribution is 1.13. The second-order valence-corrected chi connectivity index (χ2v) is 6.26. The molecule has 0 radical (unpaired) electrons. The molecule has 0 aliphatic carbocycles. The maximum Gasteiger partial charge on any atom is 0.137 e. The van der Waals surface area contributed by atoms with E-state index in [1.165, 1.54) is 10.4 Å². The van der Waals surface area contributed by atoms with Crippen molar-refractivity contribution in [3.8, 4) is 0 Å². The lowest BCUT2D eigenvalue weighted by Crippen LogP contribution is -2.14. The summed E-state index contributed by atoms with van der Waals surface area (Å²) in [7, 11) is 0. The van der Waals surface area contributed by atoms with Crippen LogP contribution in [0.5, 0.6) is 0 Å². The van der Waals surface area contributed by atoms with Crippen LogP contribution >= 0.6 is 23.6 Å². The average Bonchev–Trinajstić information content (AvgIpc) is 2.89. The molecule has 5 heteroatoms. The second kappa shape index (κ2) is 5.79. The SMILES string of the molecule is Cc1ccsc1CNc1nc2ccccc2cc1C(N)=S. The van der Waals surface area contributed by atoms with Gasteiger partial charge in [-0.1, -0.05) is 30.4 Å². The number of thiophene rings is 1. The molecule has 0 aliphatic rings. The summed E-state index contributed by atoms with van der Waals surface area (Å²) >= 11 is 6.89. The van der Waals surface area contributed by atoms with Crippen molar-refractivity contribution in [2.45, 2.75) is 13.5 Å². The number of aryl methyl sites for hydroxylation is 1. The van der Waals surface area contributed by atoms with Crippen molar-refractivity contribution in [3.05, 3.63) is 57.8 Å². The highest BCUT2D eigenvalue weighted by molar-refractivity contribution is 7.80. The topological polar surface area (TPSA) is 50.9 Å². The van der Waals surface area contributed by atoms with E-state index in [0.717, 1.165) is 28.8 Å². The summed E-state index contributed by atoms with van der Waals surface area (Å²) < 4.78 is 0. The number of nitrogens with zero attached hydrogens (tertiary/aromatic N) is 1. The van der Waals surface area contributed by atoms with E-state index in [4.69, 9.17) is 18.0 Å². The third-order valence-corrected chi connectivity index (χ3v) is 4.62. The van der Waals surface area contributed by atoms with Crippen molar-refractivity contribution in [1.29, 1.82) is 0 Å². The van der Waals surface area contributed by atoms with Gasteiger partial charge >= 0.3 is 0 Å². The molecule has 0 saturated heterocycles. The highest BCUT2D eigenvalue weighted by Crippen LogP contribution is 2.22. The average molecular weight is 313 g/mol. The molecule has 0 atom stereocenters. The van der Waals surface area contributed by atoms with Gasteiger partial charge in [0, 0.05) is 10.3 Å². The molecule has 21 heavy (non-hydrogen) atoms. The molecule has 3 N–H and O–H groups in total. The minimum absolute atomic E-state index is 0.360. The Kier molecular flexibility index (Phi) is 3.86. The predicted molar refractivity (Wildman–Crippen MR) is 94.0 cm³/mol. The fourth-order valence-electron chi connectivity index (χ4n) is 2.19. The van der Waals surface area contributed by atoms with Gasteiger partial charge in [-0.05, 0) is 36.1 Å². The maximum atomic E-state index is 5.84. The van der Waals surface area contributed by atoms with Crippen LogP contribution in [0.25, 0.3) is 10.9 Å². The molecule has 3 rings (SSSR count). The van der Waals surface area contributed by atoms with Gasteiger partial charge in [0.15, 0.2) is 0 Å². The van der Waals surface area contributed by atoms with Crippen LogP contribution in [0, 0.1) is 6.92 Å². The largest absolute Gasteiger partial charge is 0.389 e. The smallest absolute Gasteiger partial charge is 0.137 e. The number of aromatic nitrogens is 1. The molecule has 3 aromatic rings. The zero-order chi connectivity index (χ0) is 14.8.